The molecule has 0 amide bonds. The minimum atomic E-state index is 0.575. The van der Waals surface area contributed by atoms with Gasteiger partial charge in [0, 0.05) is 43.8 Å². The summed E-state index contributed by atoms with van der Waals surface area (Å²) < 4.78 is 4.69. The summed E-state index contributed by atoms with van der Waals surface area (Å²) in [6.45, 7) is 0. The van der Waals surface area contributed by atoms with Crippen LogP contribution in [0.5, 0.6) is 0 Å². The van der Waals surface area contributed by atoms with Gasteiger partial charge in [0.1, 0.15) is 0 Å². The Morgan fingerprint density at radius 3 is 1.66 bits per heavy atom. The lowest BCUT2D eigenvalue weighted by Gasteiger charge is -2.14. The van der Waals surface area contributed by atoms with Gasteiger partial charge in [-0.1, -0.05) is 152 Å². The lowest BCUT2D eigenvalue weighted by molar-refractivity contribution is 0.953. The molecule has 0 fully saturated rings. The molecule has 1 aliphatic rings. The van der Waals surface area contributed by atoms with Gasteiger partial charge in [0.05, 0.1) is 27.8 Å². The van der Waals surface area contributed by atoms with Crippen molar-refractivity contribution >= 4 is 43.6 Å². The molecule has 0 spiro atoms. The van der Waals surface area contributed by atoms with Crippen LogP contribution in [0.25, 0.3) is 111 Å². The first-order valence-corrected chi connectivity index (χ1v) is 19.0. The van der Waals surface area contributed by atoms with Gasteiger partial charge < -0.3 is 4.57 Å². The largest absolute Gasteiger partial charge is 0.308 e. The number of rotatable bonds is 4. The van der Waals surface area contributed by atoms with Crippen LogP contribution in [0.15, 0.2) is 188 Å². The van der Waals surface area contributed by atoms with E-state index in [1.807, 2.05) is 24.3 Å². The van der Waals surface area contributed by atoms with E-state index in [0.717, 1.165) is 44.1 Å². The zero-order chi connectivity index (χ0) is 36.7. The van der Waals surface area contributed by atoms with Gasteiger partial charge in [-0.15, -0.1) is 0 Å². The third kappa shape index (κ3) is 4.52. The molecule has 3 aromatic heterocycles. The number of aromatic nitrogens is 5. The maximum absolute atomic E-state index is 5.31. The summed E-state index contributed by atoms with van der Waals surface area (Å²) in [4.78, 5) is 15.7. The minimum Gasteiger partial charge on any atom is -0.308 e. The third-order valence-electron chi connectivity index (χ3n) is 11.3. The zero-order valence-electron chi connectivity index (χ0n) is 30.1. The third-order valence-corrected chi connectivity index (χ3v) is 11.3. The summed E-state index contributed by atoms with van der Waals surface area (Å²) in [6, 6.07) is 66.8. The number of benzene rings is 8. The van der Waals surface area contributed by atoms with E-state index in [4.69, 9.17) is 15.0 Å². The van der Waals surface area contributed by atoms with E-state index in [1.54, 1.807) is 0 Å². The topological polar surface area (TPSA) is 48.5 Å². The number of hydrogen-bond donors (Lipinski definition) is 0. The molecule has 0 unspecified atom stereocenters. The second-order valence-electron chi connectivity index (χ2n) is 14.4. The first kappa shape index (κ1) is 30.8. The molecule has 0 atom stereocenters. The molecular formula is C51H31N5. The Hall–Kier alpha value is -7.63. The van der Waals surface area contributed by atoms with Crippen LogP contribution in [-0.4, -0.2) is 24.1 Å². The Morgan fingerprint density at radius 1 is 0.304 bits per heavy atom. The SMILES string of the molecule is c1ccc(-c2cccc(-c3nc(-c4ccccc4)nc(-n4c5ccccc5c5cc6c(cc54)-c4ccccc4-n4c5ccccc5c5cccc-6c54)n3)c2)cc1. The molecule has 0 saturated heterocycles. The number of fused-ring (bicyclic) bond motifs is 11. The summed E-state index contributed by atoms with van der Waals surface area (Å²) in [5.41, 5.74) is 14.6. The maximum Gasteiger partial charge on any atom is 0.238 e. The Bertz CT molecular complexity index is 3360. The Labute approximate surface area is 322 Å². The highest BCUT2D eigenvalue weighted by molar-refractivity contribution is 6.19. The van der Waals surface area contributed by atoms with Crippen molar-refractivity contribution in [3.63, 3.8) is 0 Å². The normalized spacial score (nSPS) is 11.9. The van der Waals surface area contributed by atoms with Crippen molar-refractivity contribution < 1.29 is 0 Å². The van der Waals surface area contributed by atoms with Gasteiger partial charge in [-0.2, -0.15) is 9.97 Å². The highest BCUT2D eigenvalue weighted by Crippen LogP contribution is 2.49. The quantitative estimate of drug-likeness (QED) is 0.182. The predicted molar refractivity (Wildman–Crippen MR) is 229 cm³/mol. The molecule has 0 bridgehead atoms. The molecule has 0 N–H and O–H groups in total. The fourth-order valence-corrected chi connectivity index (χ4v) is 8.84. The van der Waals surface area contributed by atoms with Crippen molar-refractivity contribution in [1.29, 1.82) is 0 Å². The van der Waals surface area contributed by atoms with E-state index < -0.39 is 0 Å². The lowest BCUT2D eigenvalue weighted by atomic mass is 9.92. The fourth-order valence-electron chi connectivity index (χ4n) is 8.84. The smallest absolute Gasteiger partial charge is 0.238 e. The summed E-state index contributed by atoms with van der Waals surface area (Å²) in [6.07, 6.45) is 0. The molecule has 260 valence electrons. The Kier molecular flexibility index (Phi) is 6.56. The first-order valence-electron chi connectivity index (χ1n) is 19.0. The Balaban J connectivity index is 1.16. The molecular weight excluding hydrogens is 683 g/mol. The molecule has 8 aromatic carbocycles. The van der Waals surface area contributed by atoms with Crippen molar-refractivity contribution in [3.8, 4) is 67.8 Å². The summed E-state index contributed by atoms with van der Waals surface area (Å²) in [5.74, 6) is 1.82. The van der Waals surface area contributed by atoms with E-state index in [9.17, 15) is 0 Å². The fraction of sp³-hybridized carbons (Fsp3) is 0. The van der Waals surface area contributed by atoms with Crippen LogP contribution in [0, 0.1) is 0 Å². The maximum atomic E-state index is 5.31. The standard InChI is InChI=1S/C51H31N5/c1-3-15-32(16-4-1)34-19-13-20-35(29-34)50-52-49(33-17-5-2-6-18-33)53-51(54-50)56-46-28-12-9-23-38(46)43-30-41-40-25-14-24-39-36-21-7-10-26-44(36)55(48(39)40)45-27-11-8-22-37(45)42(41)31-47(43)56/h1-31H. The lowest BCUT2D eigenvalue weighted by Crippen LogP contribution is -2.06. The van der Waals surface area contributed by atoms with Gasteiger partial charge in [-0.25, -0.2) is 4.98 Å². The molecule has 12 rings (SSSR count). The van der Waals surface area contributed by atoms with E-state index >= 15 is 0 Å². The van der Waals surface area contributed by atoms with Crippen molar-refractivity contribution in [2.75, 3.05) is 0 Å². The van der Waals surface area contributed by atoms with E-state index in [-0.39, 0.29) is 0 Å². The van der Waals surface area contributed by atoms with Gasteiger partial charge in [0.2, 0.25) is 5.95 Å². The monoisotopic (exact) mass is 713 g/mol. The van der Waals surface area contributed by atoms with Crippen LogP contribution >= 0.6 is 0 Å². The molecule has 0 radical (unpaired) electrons. The molecule has 11 aromatic rings. The van der Waals surface area contributed by atoms with E-state index in [1.165, 1.54) is 49.7 Å². The van der Waals surface area contributed by atoms with Crippen LogP contribution in [0.2, 0.25) is 0 Å². The van der Waals surface area contributed by atoms with Gasteiger partial charge >= 0.3 is 0 Å². The van der Waals surface area contributed by atoms with Crippen LogP contribution in [-0.2, 0) is 0 Å². The van der Waals surface area contributed by atoms with Crippen LogP contribution < -0.4 is 0 Å². The van der Waals surface area contributed by atoms with Crippen molar-refractivity contribution in [2.45, 2.75) is 0 Å². The second-order valence-corrected chi connectivity index (χ2v) is 14.4. The number of para-hydroxylation sites is 4. The van der Waals surface area contributed by atoms with Gasteiger partial charge in [-0.05, 0) is 58.7 Å². The summed E-state index contributed by atoms with van der Waals surface area (Å²) in [5, 5.41) is 4.80. The van der Waals surface area contributed by atoms with Crippen molar-refractivity contribution in [2.24, 2.45) is 0 Å². The number of nitrogens with zero attached hydrogens (tertiary/aromatic N) is 5. The zero-order valence-corrected chi connectivity index (χ0v) is 30.1. The second kappa shape index (κ2) is 11.9. The Morgan fingerprint density at radius 2 is 0.857 bits per heavy atom. The van der Waals surface area contributed by atoms with Crippen LogP contribution in [0.4, 0.5) is 0 Å². The van der Waals surface area contributed by atoms with E-state index in [2.05, 4.69) is 173 Å². The van der Waals surface area contributed by atoms with Crippen LogP contribution in [0.3, 0.4) is 0 Å². The highest BCUT2D eigenvalue weighted by Gasteiger charge is 2.27. The average Bonchev–Trinajstić information content (AvgIpc) is 3.75. The molecule has 5 heteroatoms. The molecule has 1 aliphatic heterocycles. The van der Waals surface area contributed by atoms with Gasteiger partial charge in [0.15, 0.2) is 11.6 Å². The van der Waals surface area contributed by atoms with Gasteiger partial charge in [0.25, 0.3) is 0 Å². The highest BCUT2D eigenvalue weighted by atomic mass is 15.2. The summed E-state index contributed by atoms with van der Waals surface area (Å²) in [7, 11) is 0. The summed E-state index contributed by atoms with van der Waals surface area (Å²) >= 11 is 0. The molecule has 56 heavy (non-hydrogen) atoms. The predicted octanol–water partition coefficient (Wildman–Crippen LogP) is 12.7. The number of hydrogen-bond acceptors (Lipinski definition) is 3. The first-order chi connectivity index (χ1) is 27.8. The van der Waals surface area contributed by atoms with Crippen LogP contribution in [0.1, 0.15) is 0 Å². The minimum absolute atomic E-state index is 0.575. The molecule has 5 nitrogen and oxygen atoms in total. The molecule has 0 aliphatic carbocycles. The van der Waals surface area contributed by atoms with E-state index in [0.29, 0.717) is 17.6 Å². The van der Waals surface area contributed by atoms with Crippen molar-refractivity contribution in [1.82, 2.24) is 24.1 Å². The molecule has 0 saturated carbocycles. The average molecular weight is 714 g/mol. The molecule has 4 heterocycles. The van der Waals surface area contributed by atoms with Gasteiger partial charge in [-0.3, -0.25) is 4.57 Å². The van der Waals surface area contributed by atoms with Crippen molar-refractivity contribution in [3.05, 3.63) is 188 Å².